The Morgan fingerprint density at radius 2 is 1.85 bits per heavy atom. The van der Waals surface area contributed by atoms with E-state index in [2.05, 4.69) is 19.9 Å². The Hall–Kier alpha value is -3.87. The van der Waals surface area contributed by atoms with Crippen molar-refractivity contribution in [2.75, 3.05) is 0 Å². The van der Waals surface area contributed by atoms with E-state index in [4.69, 9.17) is 9.40 Å². The van der Waals surface area contributed by atoms with Gasteiger partial charge in [-0.1, -0.05) is 12.1 Å². The number of aromatic amines is 1. The molecule has 0 saturated heterocycles. The van der Waals surface area contributed by atoms with Gasteiger partial charge in [0.15, 0.2) is 11.3 Å². The van der Waals surface area contributed by atoms with Crippen molar-refractivity contribution in [3.63, 3.8) is 0 Å². The Morgan fingerprint density at radius 3 is 2.70 bits per heavy atom. The van der Waals surface area contributed by atoms with Crippen LogP contribution < -0.4 is 5.56 Å². The number of oxazole rings is 1. The lowest BCUT2D eigenvalue weighted by atomic mass is 10.1. The molecular formula is C20H13N5O2. The van der Waals surface area contributed by atoms with Gasteiger partial charge in [0.05, 0.1) is 11.7 Å². The minimum atomic E-state index is -0.240. The van der Waals surface area contributed by atoms with Crippen LogP contribution >= 0.6 is 0 Å². The number of aromatic nitrogens is 5. The van der Waals surface area contributed by atoms with Crippen LogP contribution in [-0.4, -0.2) is 24.9 Å². The molecule has 1 aromatic carbocycles. The SMILES string of the molecule is Cc1cnc(-c2nc3[nH]c(=O)ccc3nc2-c2ccc3ncccc3c2)o1. The molecule has 7 heteroatoms. The van der Waals surface area contributed by atoms with E-state index in [0.717, 1.165) is 16.5 Å². The monoisotopic (exact) mass is 355 g/mol. The first kappa shape index (κ1) is 15.4. The third kappa shape index (κ3) is 2.65. The van der Waals surface area contributed by atoms with Crippen LogP contribution in [0.3, 0.4) is 0 Å². The molecule has 5 rings (SSSR count). The highest BCUT2D eigenvalue weighted by Crippen LogP contribution is 2.31. The summed E-state index contributed by atoms with van der Waals surface area (Å²) in [7, 11) is 0. The Bertz CT molecular complexity index is 1370. The number of fused-ring (bicyclic) bond motifs is 2. The molecule has 0 radical (unpaired) electrons. The first-order valence-electron chi connectivity index (χ1n) is 8.36. The fourth-order valence-corrected chi connectivity index (χ4v) is 3.01. The van der Waals surface area contributed by atoms with Gasteiger partial charge in [-0.25, -0.2) is 15.0 Å². The quantitative estimate of drug-likeness (QED) is 0.520. The molecule has 0 fully saturated rings. The smallest absolute Gasteiger partial charge is 0.249 e. The van der Waals surface area contributed by atoms with Crippen LogP contribution in [0.25, 0.3) is 44.9 Å². The molecular weight excluding hydrogens is 342 g/mol. The Kier molecular flexibility index (Phi) is 3.33. The van der Waals surface area contributed by atoms with Crippen LogP contribution in [0.2, 0.25) is 0 Å². The first-order valence-corrected chi connectivity index (χ1v) is 8.36. The second kappa shape index (κ2) is 5.84. The molecule has 130 valence electrons. The van der Waals surface area contributed by atoms with E-state index >= 15 is 0 Å². The van der Waals surface area contributed by atoms with Crippen molar-refractivity contribution in [2.45, 2.75) is 6.92 Å². The van der Waals surface area contributed by atoms with Gasteiger partial charge in [-0.3, -0.25) is 9.78 Å². The number of nitrogens with zero attached hydrogens (tertiary/aromatic N) is 4. The van der Waals surface area contributed by atoms with E-state index in [0.29, 0.717) is 34.2 Å². The van der Waals surface area contributed by atoms with E-state index in [1.54, 1.807) is 18.5 Å². The van der Waals surface area contributed by atoms with Gasteiger partial charge < -0.3 is 9.40 Å². The van der Waals surface area contributed by atoms with Crippen LogP contribution in [0.4, 0.5) is 0 Å². The molecule has 27 heavy (non-hydrogen) atoms. The number of H-pyrrole nitrogens is 1. The molecule has 0 aliphatic heterocycles. The summed E-state index contributed by atoms with van der Waals surface area (Å²) in [5.74, 6) is 1.02. The average molecular weight is 355 g/mol. The number of benzene rings is 1. The third-order valence-electron chi connectivity index (χ3n) is 4.26. The molecule has 0 spiro atoms. The highest BCUT2D eigenvalue weighted by molar-refractivity contribution is 5.88. The predicted octanol–water partition coefficient (Wildman–Crippen LogP) is 3.50. The number of aryl methyl sites for hydroxylation is 1. The number of hydrogen-bond donors (Lipinski definition) is 1. The topological polar surface area (TPSA) is 97.6 Å². The number of nitrogens with one attached hydrogen (secondary N) is 1. The summed E-state index contributed by atoms with van der Waals surface area (Å²) in [5.41, 5.74) is 3.59. The average Bonchev–Trinajstić information content (AvgIpc) is 3.13. The highest BCUT2D eigenvalue weighted by atomic mass is 16.4. The van der Waals surface area contributed by atoms with Crippen LogP contribution in [-0.2, 0) is 0 Å². The summed E-state index contributed by atoms with van der Waals surface area (Å²) in [4.78, 5) is 32.3. The lowest BCUT2D eigenvalue weighted by Crippen LogP contribution is -2.06. The van der Waals surface area contributed by atoms with Crippen LogP contribution in [0, 0.1) is 6.92 Å². The van der Waals surface area contributed by atoms with Crippen molar-refractivity contribution < 1.29 is 4.42 Å². The minimum absolute atomic E-state index is 0.240. The van der Waals surface area contributed by atoms with Crippen molar-refractivity contribution >= 4 is 22.1 Å². The Labute approximate surface area is 152 Å². The molecule has 4 aromatic heterocycles. The molecule has 0 unspecified atom stereocenters. The zero-order valence-electron chi connectivity index (χ0n) is 14.3. The maximum Gasteiger partial charge on any atom is 0.249 e. The fraction of sp³-hybridized carbons (Fsp3) is 0.0500. The predicted molar refractivity (Wildman–Crippen MR) is 101 cm³/mol. The van der Waals surface area contributed by atoms with Crippen molar-refractivity contribution in [1.82, 2.24) is 24.9 Å². The largest absolute Gasteiger partial charge is 0.440 e. The molecule has 0 amide bonds. The molecule has 0 atom stereocenters. The molecule has 7 nitrogen and oxygen atoms in total. The summed E-state index contributed by atoms with van der Waals surface area (Å²) in [6.07, 6.45) is 3.39. The molecule has 5 aromatic rings. The van der Waals surface area contributed by atoms with E-state index < -0.39 is 0 Å². The number of pyridine rings is 2. The van der Waals surface area contributed by atoms with Gasteiger partial charge in [-0.15, -0.1) is 0 Å². The number of hydrogen-bond acceptors (Lipinski definition) is 6. The standard InChI is InChI=1S/C20H13N5O2/c1-11-10-22-20(27-11)18-17(23-15-6-7-16(26)24-19(15)25-18)13-4-5-14-12(9-13)3-2-8-21-14/h2-10H,1H3,(H,24,25,26). The lowest BCUT2D eigenvalue weighted by molar-refractivity contribution is 0.540. The first-order chi connectivity index (χ1) is 13.2. The molecule has 0 aliphatic rings. The summed E-state index contributed by atoms with van der Waals surface area (Å²) >= 11 is 0. The van der Waals surface area contributed by atoms with Gasteiger partial charge in [0, 0.05) is 23.2 Å². The maximum absolute atomic E-state index is 11.7. The third-order valence-corrected chi connectivity index (χ3v) is 4.26. The fourth-order valence-electron chi connectivity index (χ4n) is 3.01. The Morgan fingerprint density at radius 1 is 0.963 bits per heavy atom. The van der Waals surface area contributed by atoms with Crippen molar-refractivity contribution in [2.24, 2.45) is 0 Å². The molecule has 1 N–H and O–H groups in total. The van der Waals surface area contributed by atoms with E-state index in [1.807, 2.05) is 37.3 Å². The van der Waals surface area contributed by atoms with E-state index in [1.165, 1.54) is 6.07 Å². The van der Waals surface area contributed by atoms with E-state index in [9.17, 15) is 4.79 Å². The van der Waals surface area contributed by atoms with Gasteiger partial charge in [0.2, 0.25) is 11.4 Å². The molecule has 4 heterocycles. The summed E-state index contributed by atoms with van der Waals surface area (Å²) < 4.78 is 5.68. The minimum Gasteiger partial charge on any atom is -0.440 e. The van der Waals surface area contributed by atoms with Gasteiger partial charge in [0.1, 0.15) is 17.0 Å². The van der Waals surface area contributed by atoms with Gasteiger partial charge in [-0.05, 0) is 31.2 Å². The van der Waals surface area contributed by atoms with Crippen LogP contribution in [0.15, 0.2) is 64.1 Å². The Balaban J connectivity index is 1.82. The molecule has 0 saturated carbocycles. The van der Waals surface area contributed by atoms with Crippen molar-refractivity contribution in [1.29, 1.82) is 0 Å². The van der Waals surface area contributed by atoms with Gasteiger partial charge >= 0.3 is 0 Å². The van der Waals surface area contributed by atoms with Crippen molar-refractivity contribution in [3.8, 4) is 22.8 Å². The van der Waals surface area contributed by atoms with Crippen LogP contribution in [0.1, 0.15) is 5.76 Å². The van der Waals surface area contributed by atoms with Crippen molar-refractivity contribution in [3.05, 3.63) is 71.0 Å². The number of rotatable bonds is 2. The summed E-state index contributed by atoms with van der Waals surface area (Å²) in [5, 5.41) is 0.993. The van der Waals surface area contributed by atoms with Gasteiger partial charge in [0.25, 0.3) is 0 Å². The zero-order chi connectivity index (χ0) is 18.4. The van der Waals surface area contributed by atoms with Gasteiger partial charge in [-0.2, -0.15) is 0 Å². The van der Waals surface area contributed by atoms with Crippen LogP contribution in [0.5, 0.6) is 0 Å². The van der Waals surface area contributed by atoms with E-state index in [-0.39, 0.29) is 5.56 Å². The maximum atomic E-state index is 11.7. The summed E-state index contributed by atoms with van der Waals surface area (Å²) in [6, 6.07) is 12.8. The summed E-state index contributed by atoms with van der Waals surface area (Å²) in [6.45, 7) is 1.81. The highest BCUT2D eigenvalue weighted by Gasteiger charge is 2.18. The normalized spacial score (nSPS) is 11.3. The lowest BCUT2D eigenvalue weighted by Gasteiger charge is -2.08. The molecule has 0 bridgehead atoms. The second-order valence-corrected chi connectivity index (χ2v) is 6.16. The second-order valence-electron chi connectivity index (χ2n) is 6.16. The zero-order valence-corrected chi connectivity index (χ0v) is 14.3. The molecule has 0 aliphatic carbocycles.